The van der Waals surface area contributed by atoms with Crippen molar-refractivity contribution < 1.29 is 0 Å². The van der Waals surface area contributed by atoms with Gasteiger partial charge in [-0.25, -0.2) is 0 Å². The number of fused-ring (bicyclic) bond motifs is 1. The van der Waals surface area contributed by atoms with Gasteiger partial charge in [-0.1, -0.05) is 44.0 Å². The van der Waals surface area contributed by atoms with E-state index in [4.69, 9.17) is 0 Å². The molecule has 0 bridgehead atoms. The maximum Gasteiger partial charge on any atom is 0.0693 e. The minimum absolute atomic E-state index is 0.0790. The molecule has 0 saturated carbocycles. The van der Waals surface area contributed by atoms with Crippen molar-refractivity contribution in [2.45, 2.75) is 45.4 Å². The summed E-state index contributed by atoms with van der Waals surface area (Å²) in [5.74, 6) is 0. The van der Waals surface area contributed by atoms with Gasteiger partial charge in [-0.3, -0.25) is 0 Å². The molecule has 84 valence electrons. The van der Waals surface area contributed by atoms with Crippen LogP contribution in [-0.4, -0.2) is 0 Å². The van der Waals surface area contributed by atoms with Crippen LogP contribution in [0.3, 0.4) is 0 Å². The number of nitriles is 1. The van der Waals surface area contributed by atoms with E-state index in [1.807, 2.05) is 0 Å². The molecule has 0 fully saturated rings. The molecular formula is C15H19N. The van der Waals surface area contributed by atoms with Crippen molar-refractivity contribution in [3.05, 3.63) is 35.4 Å². The molecule has 0 spiro atoms. The lowest BCUT2D eigenvalue weighted by Gasteiger charge is -2.32. The maximum atomic E-state index is 9.44. The lowest BCUT2D eigenvalue weighted by molar-refractivity contribution is 0.306. The molecule has 0 N–H and O–H groups in total. The van der Waals surface area contributed by atoms with Gasteiger partial charge < -0.3 is 0 Å². The van der Waals surface area contributed by atoms with Crippen LogP contribution in [0.15, 0.2) is 24.3 Å². The van der Waals surface area contributed by atoms with Gasteiger partial charge in [-0.15, -0.1) is 0 Å². The van der Waals surface area contributed by atoms with Gasteiger partial charge in [0.2, 0.25) is 0 Å². The first-order valence-electron chi connectivity index (χ1n) is 6.28. The molecule has 0 amide bonds. The van der Waals surface area contributed by atoms with Crippen molar-refractivity contribution in [1.82, 2.24) is 0 Å². The SMILES string of the molecule is CCCCC1(C#N)CCc2ccccc2C1. The fraction of sp³-hybridized carbons (Fsp3) is 0.533. The fourth-order valence-corrected chi connectivity index (χ4v) is 2.68. The average molecular weight is 213 g/mol. The third-order valence-corrected chi connectivity index (χ3v) is 3.77. The number of nitrogens with zero attached hydrogens (tertiary/aromatic N) is 1. The van der Waals surface area contributed by atoms with E-state index in [1.54, 1.807) is 0 Å². The van der Waals surface area contributed by atoms with Crippen LogP contribution in [0.25, 0.3) is 0 Å². The van der Waals surface area contributed by atoms with Gasteiger partial charge in [-0.2, -0.15) is 5.26 Å². The van der Waals surface area contributed by atoms with Crippen molar-refractivity contribution in [3.63, 3.8) is 0 Å². The Bertz CT molecular complexity index is 402. The van der Waals surface area contributed by atoms with Crippen molar-refractivity contribution in [1.29, 1.82) is 5.26 Å². The summed E-state index contributed by atoms with van der Waals surface area (Å²) < 4.78 is 0. The number of rotatable bonds is 3. The largest absolute Gasteiger partial charge is 0.198 e. The van der Waals surface area contributed by atoms with Crippen LogP contribution in [0, 0.1) is 16.7 Å². The lowest BCUT2D eigenvalue weighted by atomic mass is 9.70. The number of hydrogen-bond donors (Lipinski definition) is 0. The minimum atomic E-state index is -0.0790. The highest BCUT2D eigenvalue weighted by atomic mass is 14.4. The van der Waals surface area contributed by atoms with Crippen molar-refractivity contribution >= 4 is 0 Å². The molecular weight excluding hydrogens is 194 g/mol. The second kappa shape index (κ2) is 4.70. The zero-order valence-electron chi connectivity index (χ0n) is 10.00. The third-order valence-electron chi connectivity index (χ3n) is 3.77. The van der Waals surface area contributed by atoms with E-state index >= 15 is 0 Å². The van der Waals surface area contributed by atoms with Crippen LogP contribution in [0.5, 0.6) is 0 Å². The quantitative estimate of drug-likeness (QED) is 0.747. The van der Waals surface area contributed by atoms with Crippen LogP contribution < -0.4 is 0 Å². The average Bonchev–Trinajstić information content (AvgIpc) is 2.36. The molecule has 0 radical (unpaired) electrons. The molecule has 1 aliphatic carbocycles. The second-order valence-corrected chi connectivity index (χ2v) is 4.94. The van der Waals surface area contributed by atoms with E-state index in [1.165, 1.54) is 24.0 Å². The molecule has 2 rings (SSSR count). The van der Waals surface area contributed by atoms with E-state index in [0.717, 1.165) is 25.7 Å². The number of benzene rings is 1. The Morgan fingerprint density at radius 2 is 2.06 bits per heavy atom. The van der Waals surface area contributed by atoms with Crippen molar-refractivity contribution in [3.8, 4) is 6.07 Å². The summed E-state index contributed by atoms with van der Waals surface area (Å²) in [6.45, 7) is 2.20. The standard InChI is InChI=1S/C15H19N/c1-2-3-9-15(12-16)10-8-13-6-4-5-7-14(13)11-15/h4-7H,2-3,8-11H2,1H3. The van der Waals surface area contributed by atoms with Crippen LogP contribution in [0.2, 0.25) is 0 Å². The zero-order valence-corrected chi connectivity index (χ0v) is 10.00. The normalized spacial score (nSPS) is 23.5. The molecule has 1 unspecified atom stereocenters. The molecule has 0 saturated heterocycles. The highest BCUT2D eigenvalue weighted by Gasteiger charge is 2.33. The summed E-state index contributed by atoms with van der Waals surface area (Å²) >= 11 is 0. The predicted octanol–water partition coefficient (Wildman–Crippen LogP) is 3.88. The summed E-state index contributed by atoms with van der Waals surface area (Å²) in [5, 5.41) is 9.44. The number of unbranched alkanes of at least 4 members (excludes halogenated alkanes) is 1. The zero-order chi connectivity index (χ0) is 11.4. The first-order valence-corrected chi connectivity index (χ1v) is 6.28. The molecule has 1 heteroatoms. The summed E-state index contributed by atoms with van der Waals surface area (Å²) in [5.41, 5.74) is 2.76. The molecule has 1 aliphatic rings. The van der Waals surface area contributed by atoms with Gasteiger partial charge >= 0.3 is 0 Å². The van der Waals surface area contributed by atoms with Gasteiger partial charge in [0.15, 0.2) is 0 Å². The van der Waals surface area contributed by atoms with E-state index in [2.05, 4.69) is 37.3 Å². The Morgan fingerprint density at radius 1 is 1.31 bits per heavy atom. The Labute approximate surface area is 98.1 Å². The highest BCUT2D eigenvalue weighted by molar-refractivity contribution is 5.32. The Morgan fingerprint density at radius 3 is 2.75 bits per heavy atom. The smallest absolute Gasteiger partial charge is 0.0693 e. The number of hydrogen-bond acceptors (Lipinski definition) is 1. The summed E-state index contributed by atoms with van der Waals surface area (Å²) in [6, 6.07) is 11.2. The van der Waals surface area contributed by atoms with Gasteiger partial charge in [0.25, 0.3) is 0 Å². The lowest BCUT2D eigenvalue weighted by Crippen LogP contribution is -2.27. The van der Waals surface area contributed by atoms with E-state index in [9.17, 15) is 5.26 Å². The van der Waals surface area contributed by atoms with Crippen molar-refractivity contribution in [2.75, 3.05) is 0 Å². The molecule has 1 aromatic rings. The van der Waals surface area contributed by atoms with Crippen LogP contribution in [0.1, 0.15) is 43.7 Å². The summed E-state index contributed by atoms with van der Waals surface area (Å²) in [6.07, 6.45) is 6.50. The van der Waals surface area contributed by atoms with Gasteiger partial charge in [0, 0.05) is 0 Å². The van der Waals surface area contributed by atoms with E-state index in [0.29, 0.717) is 0 Å². The maximum absolute atomic E-state index is 9.44. The molecule has 16 heavy (non-hydrogen) atoms. The first-order chi connectivity index (χ1) is 7.79. The molecule has 0 heterocycles. The monoisotopic (exact) mass is 213 g/mol. The predicted molar refractivity (Wildman–Crippen MR) is 66.0 cm³/mol. The van der Waals surface area contributed by atoms with Gasteiger partial charge in [-0.05, 0) is 36.8 Å². The molecule has 1 atom stereocenters. The van der Waals surface area contributed by atoms with E-state index in [-0.39, 0.29) is 5.41 Å². The third kappa shape index (κ3) is 2.11. The molecule has 1 nitrogen and oxygen atoms in total. The van der Waals surface area contributed by atoms with Gasteiger partial charge in [0.1, 0.15) is 0 Å². The summed E-state index contributed by atoms with van der Waals surface area (Å²) in [4.78, 5) is 0. The fourth-order valence-electron chi connectivity index (χ4n) is 2.68. The Hall–Kier alpha value is -1.29. The number of aryl methyl sites for hydroxylation is 1. The topological polar surface area (TPSA) is 23.8 Å². The van der Waals surface area contributed by atoms with Crippen LogP contribution in [-0.2, 0) is 12.8 Å². The van der Waals surface area contributed by atoms with Crippen molar-refractivity contribution in [2.24, 2.45) is 5.41 Å². The second-order valence-electron chi connectivity index (χ2n) is 4.94. The van der Waals surface area contributed by atoms with E-state index < -0.39 is 0 Å². The first kappa shape index (κ1) is 11.2. The highest BCUT2D eigenvalue weighted by Crippen LogP contribution is 2.38. The Kier molecular flexibility index (Phi) is 3.29. The minimum Gasteiger partial charge on any atom is -0.198 e. The molecule has 1 aromatic carbocycles. The Balaban J connectivity index is 2.19. The van der Waals surface area contributed by atoms with Gasteiger partial charge in [0.05, 0.1) is 11.5 Å². The van der Waals surface area contributed by atoms with Crippen LogP contribution in [0.4, 0.5) is 0 Å². The summed E-state index contributed by atoms with van der Waals surface area (Å²) in [7, 11) is 0. The molecule has 0 aromatic heterocycles. The molecule has 0 aliphatic heterocycles. The van der Waals surface area contributed by atoms with Crippen LogP contribution >= 0.6 is 0 Å².